The molecular formula is C9H8BrF2NO2. The predicted molar refractivity (Wildman–Crippen MR) is 53.5 cm³/mol. The minimum Gasteiger partial charge on any atom is -0.478 e. The lowest BCUT2D eigenvalue weighted by Gasteiger charge is -2.09. The monoisotopic (exact) mass is 279 g/mol. The van der Waals surface area contributed by atoms with E-state index >= 15 is 0 Å². The van der Waals surface area contributed by atoms with E-state index < -0.39 is 18.0 Å². The van der Waals surface area contributed by atoms with Crippen molar-refractivity contribution in [3.8, 4) is 0 Å². The molecule has 0 spiro atoms. The van der Waals surface area contributed by atoms with Crippen molar-refractivity contribution < 1.29 is 18.7 Å². The van der Waals surface area contributed by atoms with Gasteiger partial charge in [-0.3, -0.25) is 4.98 Å². The Balaban J connectivity index is 3.42. The molecule has 0 atom stereocenters. The molecule has 0 saturated carbocycles. The number of pyridine rings is 1. The van der Waals surface area contributed by atoms with Crippen LogP contribution in [0.4, 0.5) is 8.78 Å². The molecule has 0 radical (unpaired) electrons. The number of aromatic carboxylic acids is 1. The third-order valence-corrected chi connectivity index (χ3v) is 2.46. The largest absolute Gasteiger partial charge is 0.478 e. The van der Waals surface area contributed by atoms with E-state index in [9.17, 15) is 13.6 Å². The van der Waals surface area contributed by atoms with E-state index in [2.05, 4.69) is 20.9 Å². The van der Waals surface area contributed by atoms with Crippen LogP contribution in [-0.4, -0.2) is 16.1 Å². The van der Waals surface area contributed by atoms with E-state index in [0.717, 1.165) is 6.07 Å². The van der Waals surface area contributed by atoms with Crippen molar-refractivity contribution in [1.82, 2.24) is 4.98 Å². The minimum absolute atomic E-state index is 0.0550. The lowest BCUT2D eigenvalue weighted by Crippen LogP contribution is -2.08. The van der Waals surface area contributed by atoms with E-state index in [1.807, 2.05) is 0 Å². The van der Waals surface area contributed by atoms with Crippen LogP contribution in [0.15, 0.2) is 6.07 Å². The molecule has 82 valence electrons. The highest BCUT2D eigenvalue weighted by Gasteiger charge is 2.22. The summed E-state index contributed by atoms with van der Waals surface area (Å²) in [5.41, 5.74) is -0.409. The lowest BCUT2D eigenvalue weighted by atomic mass is 10.1. The molecule has 0 aromatic carbocycles. The third-order valence-electron chi connectivity index (χ3n) is 1.89. The molecule has 1 heterocycles. The van der Waals surface area contributed by atoms with E-state index in [1.165, 1.54) is 6.92 Å². The topological polar surface area (TPSA) is 50.2 Å². The summed E-state index contributed by atoms with van der Waals surface area (Å²) in [5, 5.41) is 9.11. The second-order valence-corrected chi connectivity index (χ2v) is 3.46. The molecule has 0 aliphatic heterocycles. The fraction of sp³-hybridized carbons (Fsp3) is 0.333. The number of halogens is 3. The third kappa shape index (κ3) is 2.50. The van der Waals surface area contributed by atoms with E-state index in [4.69, 9.17) is 5.11 Å². The summed E-state index contributed by atoms with van der Waals surface area (Å²) in [6.45, 7) is 1.38. The summed E-state index contributed by atoms with van der Waals surface area (Å²) in [7, 11) is 0. The van der Waals surface area contributed by atoms with Crippen molar-refractivity contribution in [1.29, 1.82) is 0 Å². The van der Waals surface area contributed by atoms with E-state index in [-0.39, 0.29) is 11.3 Å². The normalized spacial score (nSPS) is 10.7. The fourth-order valence-corrected chi connectivity index (χ4v) is 1.56. The van der Waals surface area contributed by atoms with Crippen LogP contribution < -0.4 is 0 Å². The molecule has 1 aromatic heterocycles. The van der Waals surface area contributed by atoms with Crippen LogP contribution in [0.2, 0.25) is 0 Å². The Hall–Kier alpha value is -1.04. The first-order chi connectivity index (χ1) is 6.97. The number of hydrogen-bond donors (Lipinski definition) is 1. The maximum Gasteiger partial charge on any atom is 0.336 e. The van der Waals surface area contributed by atoms with Gasteiger partial charge in [-0.25, -0.2) is 13.6 Å². The summed E-state index contributed by atoms with van der Waals surface area (Å²) in [6, 6.07) is 1.16. The Morgan fingerprint density at radius 2 is 2.27 bits per heavy atom. The molecule has 0 fully saturated rings. The standard InChI is InChI=1S/C9H8BrF2NO2/c1-4-7(8(11)12)6(9(14)15)2-5(3-10)13-4/h2,8H,3H2,1H3,(H,14,15). The van der Waals surface area contributed by atoms with Crippen LogP contribution >= 0.6 is 15.9 Å². The van der Waals surface area contributed by atoms with Crippen molar-refractivity contribution in [3.05, 3.63) is 28.6 Å². The van der Waals surface area contributed by atoms with Crippen LogP contribution in [0.3, 0.4) is 0 Å². The van der Waals surface area contributed by atoms with Crippen LogP contribution in [0.1, 0.15) is 33.7 Å². The number of alkyl halides is 3. The first kappa shape index (κ1) is 12.0. The number of hydrogen-bond acceptors (Lipinski definition) is 2. The second-order valence-electron chi connectivity index (χ2n) is 2.90. The van der Waals surface area contributed by atoms with Gasteiger partial charge in [0.05, 0.1) is 16.8 Å². The zero-order chi connectivity index (χ0) is 11.6. The molecule has 15 heavy (non-hydrogen) atoms. The van der Waals surface area contributed by atoms with Gasteiger partial charge in [0.2, 0.25) is 0 Å². The Bertz CT molecular complexity index is 396. The van der Waals surface area contributed by atoms with Gasteiger partial charge in [0.25, 0.3) is 6.43 Å². The molecule has 0 aliphatic rings. The molecule has 1 aromatic rings. The highest BCUT2D eigenvalue weighted by molar-refractivity contribution is 9.08. The molecule has 0 unspecified atom stereocenters. The number of carboxylic acid groups (broad SMARTS) is 1. The number of aryl methyl sites for hydroxylation is 1. The molecule has 6 heteroatoms. The van der Waals surface area contributed by atoms with Gasteiger partial charge in [-0.2, -0.15) is 0 Å². The number of carbonyl (C=O) groups is 1. The van der Waals surface area contributed by atoms with Gasteiger partial charge < -0.3 is 5.11 Å². The van der Waals surface area contributed by atoms with Crippen LogP contribution in [0, 0.1) is 6.92 Å². The zero-order valence-corrected chi connectivity index (χ0v) is 9.38. The smallest absolute Gasteiger partial charge is 0.336 e. The molecule has 1 N–H and O–H groups in total. The van der Waals surface area contributed by atoms with Gasteiger partial charge in [-0.1, -0.05) is 15.9 Å². The summed E-state index contributed by atoms with van der Waals surface area (Å²) in [5.74, 6) is -1.36. The van der Waals surface area contributed by atoms with Crippen LogP contribution in [0.5, 0.6) is 0 Å². The van der Waals surface area contributed by atoms with Crippen molar-refractivity contribution >= 4 is 21.9 Å². The van der Waals surface area contributed by atoms with Gasteiger partial charge in [0.15, 0.2) is 0 Å². The van der Waals surface area contributed by atoms with Crippen molar-refractivity contribution in [2.45, 2.75) is 18.7 Å². The molecule has 0 amide bonds. The minimum atomic E-state index is -2.83. The molecule has 1 rings (SSSR count). The fourth-order valence-electron chi connectivity index (χ4n) is 1.27. The van der Waals surface area contributed by atoms with Crippen molar-refractivity contribution in [2.75, 3.05) is 0 Å². The van der Waals surface area contributed by atoms with Gasteiger partial charge >= 0.3 is 5.97 Å². The van der Waals surface area contributed by atoms with Gasteiger partial charge in [-0.05, 0) is 13.0 Å². The summed E-state index contributed by atoms with van der Waals surface area (Å²) < 4.78 is 25.1. The van der Waals surface area contributed by atoms with Crippen LogP contribution in [-0.2, 0) is 5.33 Å². The SMILES string of the molecule is Cc1nc(CBr)cc(C(=O)O)c1C(F)F. The molecule has 0 saturated heterocycles. The number of aromatic nitrogens is 1. The number of carboxylic acids is 1. The average molecular weight is 280 g/mol. The second kappa shape index (κ2) is 4.65. The first-order valence-electron chi connectivity index (χ1n) is 4.05. The molecule has 0 bridgehead atoms. The van der Waals surface area contributed by atoms with Crippen LogP contribution in [0.25, 0.3) is 0 Å². The highest BCUT2D eigenvalue weighted by Crippen LogP contribution is 2.26. The number of rotatable bonds is 3. The summed E-state index contributed by atoms with van der Waals surface area (Å²) in [4.78, 5) is 14.6. The summed E-state index contributed by atoms with van der Waals surface area (Å²) in [6.07, 6.45) is -2.83. The number of nitrogens with zero attached hydrogens (tertiary/aromatic N) is 1. The van der Waals surface area contributed by atoms with Crippen molar-refractivity contribution in [2.24, 2.45) is 0 Å². The zero-order valence-electron chi connectivity index (χ0n) is 7.80. The Morgan fingerprint density at radius 3 is 2.67 bits per heavy atom. The van der Waals surface area contributed by atoms with Gasteiger partial charge in [0.1, 0.15) is 0 Å². The summed E-state index contributed by atoms with van der Waals surface area (Å²) >= 11 is 3.09. The predicted octanol–water partition coefficient (Wildman–Crippen LogP) is 2.92. The Kier molecular flexibility index (Phi) is 3.73. The maximum absolute atomic E-state index is 12.6. The molecule has 0 aliphatic carbocycles. The van der Waals surface area contributed by atoms with Gasteiger partial charge in [-0.15, -0.1) is 0 Å². The quantitative estimate of drug-likeness (QED) is 0.866. The average Bonchev–Trinajstić information content (AvgIpc) is 2.15. The van der Waals surface area contributed by atoms with E-state index in [0.29, 0.717) is 11.0 Å². The molecular weight excluding hydrogens is 272 g/mol. The Labute approximate surface area is 93.3 Å². The Morgan fingerprint density at radius 1 is 1.67 bits per heavy atom. The first-order valence-corrected chi connectivity index (χ1v) is 5.17. The lowest BCUT2D eigenvalue weighted by molar-refractivity contribution is 0.0683. The highest BCUT2D eigenvalue weighted by atomic mass is 79.9. The molecule has 3 nitrogen and oxygen atoms in total. The van der Waals surface area contributed by atoms with Crippen molar-refractivity contribution in [3.63, 3.8) is 0 Å². The maximum atomic E-state index is 12.6. The van der Waals surface area contributed by atoms with E-state index in [1.54, 1.807) is 0 Å². The van der Waals surface area contributed by atoms with Gasteiger partial charge in [0, 0.05) is 11.0 Å².